The number of rotatable bonds is 5. The minimum atomic E-state index is -0.915. The van der Waals surface area contributed by atoms with E-state index in [9.17, 15) is 4.79 Å². The summed E-state index contributed by atoms with van der Waals surface area (Å²) in [6, 6.07) is 8.74. The highest BCUT2D eigenvalue weighted by atomic mass is 16.5. The van der Waals surface area contributed by atoms with Crippen LogP contribution in [0.4, 0.5) is 0 Å². The molecule has 0 saturated heterocycles. The Kier molecular flexibility index (Phi) is 3.69. The van der Waals surface area contributed by atoms with E-state index < -0.39 is 12.0 Å². The van der Waals surface area contributed by atoms with Gasteiger partial charge in [0.25, 0.3) is 5.89 Å². The molecule has 0 aliphatic rings. The Morgan fingerprint density at radius 2 is 2.17 bits per heavy atom. The molecule has 0 aliphatic heterocycles. The highest BCUT2D eigenvalue weighted by molar-refractivity contribution is 5.72. The SMILES string of the molecule is CC(NCc1noc(-c2ccccc2)n1)C(=O)O. The van der Waals surface area contributed by atoms with Crippen LogP contribution >= 0.6 is 0 Å². The molecule has 1 unspecified atom stereocenters. The van der Waals surface area contributed by atoms with Crippen LogP contribution in [0.15, 0.2) is 34.9 Å². The van der Waals surface area contributed by atoms with E-state index in [1.807, 2.05) is 30.3 Å². The van der Waals surface area contributed by atoms with E-state index in [1.54, 1.807) is 6.92 Å². The van der Waals surface area contributed by atoms with Crippen LogP contribution in [0.2, 0.25) is 0 Å². The molecular weight excluding hydrogens is 234 g/mol. The van der Waals surface area contributed by atoms with Crippen LogP contribution in [-0.2, 0) is 11.3 Å². The summed E-state index contributed by atoms with van der Waals surface area (Å²) in [5, 5.41) is 15.3. The monoisotopic (exact) mass is 247 g/mol. The van der Waals surface area contributed by atoms with Gasteiger partial charge in [-0.2, -0.15) is 4.98 Å². The van der Waals surface area contributed by atoms with Gasteiger partial charge in [-0.15, -0.1) is 0 Å². The van der Waals surface area contributed by atoms with Crippen LogP contribution in [0.25, 0.3) is 11.5 Å². The zero-order valence-corrected chi connectivity index (χ0v) is 9.83. The summed E-state index contributed by atoms with van der Waals surface area (Å²) in [6.07, 6.45) is 0. The number of hydrogen-bond donors (Lipinski definition) is 2. The van der Waals surface area contributed by atoms with E-state index in [0.29, 0.717) is 11.7 Å². The molecular formula is C12H13N3O3. The molecule has 6 nitrogen and oxygen atoms in total. The molecule has 2 aromatic rings. The van der Waals surface area contributed by atoms with Crippen molar-refractivity contribution < 1.29 is 14.4 Å². The first-order chi connectivity index (χ1) is 8.66. The van der Waals surface area contributed by atoms with E-state index in [1.165, 1.54) is 0 Å². The van der Waals surface area contributed by atoms with Crippen molar-refractivity contribution in [2.45, 2.75) is 19.5 Å². The second-order valence-corrected chi connectivity index (χ2v) is 3.82. The van der Waals surface area contributed by atoms with Crippen molar-refractivity contribution >= 4 is 5.97 Å². The molecule has 0 aliphatic carbocycles. The molecule has 2 rings (SSSR count). The van der Waals surface area contributed by atoms with Gasteiger partial charge in [0.05, 0.1) is 6.54 Å². The lowest BCUT2D eigenvalue weighted by Gasteiger charge is -2.05. The van der Waals surface area contributed by atoms with E-state index in [4.69, 9.17) is 9.63 Å². The Morgan fingerprint density at radius 1 is 1.44 bits per heavy atom. The average Bonchev–Trinajstić information content (AvgIpc) is 2.85. The first kappa shape index (κ1) is 12.3. The standard InChI is InChI=1S/C12H13N3O3/c1-8(12(16)17)13-7-10-14-11(18-15-10)9-5-3-2-4-6-9/h2-6,8,13H,7H2,1H3,(H,16,17). The topological polar surface area (TPSA) is 88.3 Å². The van der Waals surface area contributed by atoms with Gasteiger partial charge < -0.3 is 9.63 Å². The van der Waals surface area contributed by atoms with Crippen LogP contribution in [-0.4, -0.2) is 27.3 Å². The molecule has 18 heavy (non-hydrogen) atoms. The molecule has 94 valence electrons. The van der Waals surface area contributed by atoms with Gasteiger partial charge in [0.15, 0.2) is 5.82 Å². The minimum Gasteiger partial charge on any atom is -0.480 e. The lowest BCUT2D eigenvalue weighted by Crippen LogP contribution is -2.33. The Bertz CT molecular complexity index is 524. The summed E-state index contributed by atoms with van der Waals surface area (Å²) in [7, 11) is 0. The van der Waals surface area contributed by atoms with Crippen molar-refractivity contribution in [2.75, 3.05) is 0 Å². The average molecular weight is 247 g/mol. The number of benzene rings is 1. The first-order valence-corrected chi connectivity index (χ1v) is 5.51. The quantitative estimate of drug-likeness (QED) is 0.827. The van der Waals surface area contributed by atoms with Gasteiger partial charge in [-0.05, 0) is 19.1 Å². The molecule has 0 fully saturated rings. The van der Waals surface area contributed by atoms with E-state index in [0.717, 1.165) is 5.56 Å². The second-order valence-electron chi connectivity index (χ2n) is 3.82. The van der Waals surface area contributed by atoms with E-state index in [-0.39, 0.29) is 6.54 Å². The molecule has 1 aromatic heterocycles. The first-order valence-electron chi connectivity index (χ1n) is 5.51. The maximum atomic E-state index is 10.6. The normalized spacial score (nSPS) is 12.3. The Balaban J connectivity index is 2.01. The molecule has 0 radical (unpaired) electrons. The number of nitrogens with one attached hydrogen (secondary N) is 1. The summed E-state index contributed by atoms with van der Waals surface area (Å²) in [5.41, 5.74) is 0.836. The van der Waals surface area contributed by atoms with Gasteiger partial charge in [0.2, 0.25) is 0 Å². The van der Waals surface area contributed by atoms with Crippen molar-refractivity contribution in [3.63, 3.8) is 0 Å². The van der Waals surface area contributed by atoms with Crippen molar-refractivity contribution in [1.82, 2.24) is 15.5 Å². The van der Waals surface area contributed by atoms with Crippen molar-refractivity contribution in [1.29, 1.82) is 0 Å². The molecule has 0 saturated carbocycles. The van der Waals surface area contributed by atoms with Crippen molar-refractivity contribution in [3.8, 4) is 11.5 Å². The summed E-state index contributed by atoms with van der Waals surface area (Å²) in [6.45, 7) is 1.81. The van der Waals surface area contributed by atoms with Gasteiger partial charge in [-0.3, -0.25) is 10.1 Å². The van der Waals surface area contributed by atoms with Crippen LogP contribution in [0, 0.1) is 0 Å². The summed E-state index contributed by atoms with van der Waals surface area (Å²) in [4.78, 5) is 14.8. The van der Waals surface area contributed by atoms with Gasteiger partial charge >= 0.3 is 5.97 Å². The molecule has 0 spiro atoms. The molecule has 0 bridgehead atoms. The van der Waals surface area contributed by atoms with E-state index >= 15 is 0 Å². The molecule has 0 amide bonds. The highest BCUT2D eigenvalue weighted by Gasteiger charge is 2.12. The summed E-state index contributed by atoms with van der Waals surface area (Å²) >= 11 is 0. The Labute approximate surface area is 104 Å². The predicted octanol–water partition coefficient (Wildman–Crippen LogP) is 1.30. The fourth-order valence-electron chi connectivity index (χ4n) is 1.36. The van der Waals surface area contributed by atoms with Gasteiger partial charge in [0, 0.05) is 5.56 Å². The molecule has 1 atom stereocenters. The smallest absolute Gasteiger partial charge is 0.320 e. The van der Waals surface area contributed by atoms with Crippen molar-refractivity contribution in [3.05, 3.63) is 36.2 Å². The number of aromatic nitrogens is 2. The number of aliphatic carboxylic acids is 1. The fourth-order valence-corrected chi connectivity index (χ4v) is 1.36. The zero-order valence-electron chi connectivity index (χ0n) is 9.83. The maximum absolute atomic E-state index is 10.6. The van der Waals surface area contributed by atoms with Crippen LogP contribution in [0.3, 0.4) is 0 Å². The fraction of sp³-hybridized carbons (Fsp3) is 0.250. The minimum absolute atomic E-state index is 0.254. The lowest BCUT2D eigenvalue weighted by atomic mass is 10.2. The number of carbonyl (C=O) groups is 1. The number of nitrogens with zero attached hydrogens (tertiary/aromatic N) is 2. The molecule has 1 heterocycles. The molecule has 6 heteroatoms. The Hall–Kier alpha value is -2.21. The lowest BCUT2D eigenvalue weighted by molar-refractivity contribution is -0.139. The van der Waals surface area contributed by atoms with Crippen LogP contribution < -0.4 is 5.32 Å². The third-order valence-electron chi connectivity index (χ3n) is 2.43. The maximum Gasteiger partial charge on any atom is 0.320 e. The molecule has 1 aromatic carbocycles. The van der Waals surface area contributed by atoms with E-state index in [2.05, 4.69) is 15.5 Å². The summed E-state index contributed by atoms with van der Waals surface area (Å²) in [5.74, 6) is -0.0564. The van der Waals surface area contributed by atoms with Crippen LogP contribution in [0.5, 0.6) is 0 Å². The third-order valence-corrected chi connectivity index (χ3v) is 2.43. The molecule has 2 N–H and O–H groups in total. The number of carboxylic acid groups (broad SMARTS) is 1. The van der Waals surface area contributed by atoms with Crippen molar-refractivity contribution in [2.24, 2.45) is 0 Å². The zero-order chi connectivity index (χ0) is 13.0. The van der Waals surface area contributed by atoms with Gasteiger partial charge in [-0.1, -0.05) is 23.4 Å². The van der Waals surface area contributed by atoms with Gasteiger partial charge in [0.1, 0.15) is 6.04 Å². The third kappa shape index (κ3) is 2.92. The predicted molar refractivity (Wildman–Crippen MR) is 63.7 cm³/mol. The number of hydrogen-bond acceptors (Lipinski definition) is 5. The van der Waals surface area contributed by atoms with Crippen LogP contribution in [0.1, 0.15) is 12.7 Å². The largest absolute Gasteiger partial charge is 0.480 e. The van der Waals surface area contributed by atoms with Gasteiger partial charge in [-0.25, -0.2) is 0 Å². The Morgan fingerprint density at radius 3 is 2.83 bits per heavy atom. The number of carboxylic acids is 1. The second kappa shape index (κ2) is 5.42. The summed E-state index contributed by atoms with van der Waals surface area (Å²) < 4.78 is 5.09. The highest BCUT2D eigenvalue weighted by Crippen LogP contribution is 2.15.